The fourth-order valence-corrected chi connectivity index (χ4v) is 2.05. The molecule has 0 radical (unpaired) electrons. The van der Waals surface area contributed by atoms with Gasteiger partial charge in [0.25, 0.3) is 10.1 Å². The first-order chi connectivity index (χ1) is 8.47. The van der Waals surface area contributed by atoms with Crippen molar-refractivity contribution in [3.8, 4) is 0 Å². The van der Waals surface area contributed by atoms with E-state index in [-0.39, 0.29) is 35.3 Å². The molecule has 0 saturated heterocycles. The zero-order valence-corrected chi connectivity index (χ0v) is 12.8. The summed E-state index contributed by atoms with van der Waals surface area (Å²) in [5.41, 5.74) is 5.39. The van der Waals surface area contributed by atoms with E-state index in [0.29, 0.717) is 6.42 Å². The summed E-state index contributed by atoms with van der Waals surface area (Å²) in [4.78, 5) is 0. The second-order valence-electron chi connectivity index (χ2n) is 4.55. The Labute approximate surface area is 142 Å². The van der Waals surface area contributed by atoms with Crippen LogP contribution in [0.5, 0.6) is 0 Å². The van der Waals surface area contributed by atoms with Gasteiger partial charge in [0.05, 0.1) is 5.75 Å². The monoisotopic (exact) mass is 305 g/mol. The molecule has 6 heteroatoms. The van der Waals surface area contributed by atoms with E-state index in [4.69, 9.17) is 10.3 Å². The van der Waals surface area contributed by atoms with E-state index in [1.165, 1.54) is 51.4 Å². The minimum atomic E-state index is -3.67. The topological polar surface area (TPSA) is 80.4 Å². The molecule has 3 N–H and O–H groups in total. The maximum atomic E-state index is 9.79. The van der Waals surface area contributed by atoms with Crippen molar-refractivity contribution in [3.05, 3.63) is 0 Å². The van der Waals surface area contributed by atoms with Crippen LogP contribution in [0.2, 0.25) is 0 Å². The van der Waals surface area contributed by atoms with Crippen LogP contribution in [-0.4, -0.2) is 54.8 Å². The molecule has 114 valence electrons. The molecule has 0 aromatic heterocycles. The standard InChI is InChI=1S/C10H23N.C3H8O3S.Na.H/c1-2-3-4-5-6-7-8-9-10-11;1-2-3-7(4,5)6;;/h2-11H2,1H3;2-3H2,1H3,(H,4,5,6);;. The number of nitrogens with two attached hydrogens (primary N) is 1. The molecule has 0 saturated carbocycles. The van der Waals surface area contributed by atoms with E-state index in [9.17, 15) is 8.42 Å². The first-order valence-electron chi connectivity index (χ1n) is 7.13. The van der Waals surface area contributed by atoms with Crippen LogP contribution < -0.4 is 5.73 Å². The van der Waals surface area contributed by atoms with Crippen molar-refractivity contribution < 1.29 is 13.0 Å². The van der Waals surface area contributed by atoms with Gasteiger partial charge in [-0.15, -0.1) is 0 Å². The molecule has 0 heterocycles. The molecule has 0 aliphatic heterocycles. The molecule has 0 unspecified atom stereocenters. The molecule has 4 nitrogen and oxygen atoms in total. The van der Waals surface area contributed by atoms with Crippen LogP contribution in [-0.2, 0) is 10.1 Å². The van der Waals surface area contributed by atoms with Crippen molar-refractivity contribution in [3.63, 3.8) is 0 Å². The Morgan fingerprint density at radius 2 is 1.26 bits per heavy atom. The second-order valence-corrected chi connectivity index (χ2v) is 6.12. The normalized spacial score (nSPS) is 10.3. The van der Waals surface area contributed by atoms with Gasteiger partial charge in [-0.3, -0.25) is 4.55 Å². The Bertz CT molecular complexity index is 238. The second kappa shape index (κ2) is 18.9. The Morgan fingerprint density at radius 1 is 0.842 bits per heavy atom. The van der Waals surface area contributed by atoms with Crippen LogP contribution in [0.4, 0.5) is 0 Å². The van der Waals surface area contributed by atoms with E-state index < -0.39 is 10.1 Å². The maximum absolute atomic E-state index is 9.79. The van der Waals surface area contributed by atoms with Gasteiger partial charge in [-0.2, -0.15) is 8.42 Å². The van der Waals surface area contributed by atoms with Crippen LogP contribution >= 0.6 is 0 Å². The molecular weight excluding hydrogens is 273 g/mol. The molecule has 0 amide bonds. The fraction of sp³-hybridized carbons (Fsp3) is 1.00. The van der Waals surface area contributed by atoms with Gasteiger partial charge in [0, 0.05) is 0 Å². The SMILES string of the molecule is CCCCCCCCCCN.CCCS(=O)(=O)O.[NaH]. The van der Waals surface area contributed by atoms with Gasteiger partial charge < -0.3 is 5.73 Å². The van der Waals surface area contributed by atoms with E-state index in [1.807, 2.05) is 0 Å². The Morgan fingerprint density at radius 3 is 1.53 bits per heavy atom. The third-order valence-corrected chi connectivity index (χ3v) is 3.44. The molecule has 0 aromatic rings. The molecule has 0 fully saturated rings. The van der Waals surface area contributed by atoms with E-state index in [2.05, 4.69) is 6.92 Å². The van der Waals surface area contributed by atoms with Gasteiger partial charge in [0.1, 0.15) is 0 Å². The fourth-order valence-electron chi connectivity index (χ4n) is 1.54. The summed E-state index contributed by atoms with van der Waals surface area (Å²) in [6, 6.07) is 0. The van der Waals surface area contributed by atoms with Crippen LogP contribution in [0.25, 0.3) is 0 Å². The predicted octanol–water partition coefficient (Wildman–Crippen LogP) is 2.72. The van der Waals surface area contributed by atoms with Crippen molar-refractivity contribution in [2.45, 2.75) is 71.6 Å². The van der Waals surface area contributed by atoms with Crippen molar-refractivity contribution >= 4 is 39.7 Å². The first kappa shape index (κ1) is 24.9. The summed E-state index contributed by atoms with van der Waals surface area (Å²) in [6.07, 6.45) is 11.5. The minimum absolute atomic E-state index is 0. The van der Waals surface area contributed by atoms with Crippen molar-refractivity contribution in [2.75, 3.05) is 12.3 Å². The van der Waals surface area contributed by atoms with Gasteiger partial charge in [-0.1, -0.05) is 58.8 Å². The van der Waals surface area contributed by atoms with Gasteiger partial charge >= 0.3 is 29.6 Å². The molecule has 0 aliphatic rings. The molecular formula is C13H32NNaO3S. The van der Waals surface area contributed by atoms with Crippen LogP contribution in [0.3, 0.4) is 0 Å². The molecule has 0 aromatic carbocycles. The summed E-state index contributed by atoms with van der Waals surface area (Å²) >= 11 is 0. The summed E-state index contributed by atoms with van der Waals surface area (Å²) in [5, 5.41) is 0. The average Bonchev–Trinajstić information content (AvgIpc) is 2.27. The van der Waals surface area contributed by atoms with Gasteiger partial charge in [-0.25, -0.2) is 0 Å². The zero-order valence-electron chi connectivity index (χ0n) is 12.0. The van der Waals surface area contributed by atoms with Crippen LogP contribution in [0, 0.1) is 0 Å². The van der Waals surface area contributed by atoms with E-state index in [1.54, 1.807) is 6.92 Å². The number of rotatable bonds is 10. The first-order valence-corrected chi connectivity index (χ1v) is 8.74. The summed E-state index contributed by atoms with van der Waals surface area (Å²) in [6.45, 7) is 4.82. The van der Waals surface area contributed by atoms with Crippen molar-refractivity contribution in [1.82, 2.24) is 0 Å². The summed E-state index contributed by atoms with van der Waals surface area (Å²) in [5.74, 6) is -0.132. The molecule has 0 spiro atoms. The predicted molar refractivity (Wildman–Crippen MR) is 85.5 cm³/mol. The molecule has 0 rings (SSSR count). The van der Waals surface area contributed by atoms with Crippen molar-refractivity contribution in [1.29, 1.82) is 0 Å². The summed E-state index contributed by atoms with van der Waals surface area (Å²) in [7, 11) is -3.67. The van der Waals surface area contributed by atoms with E-state index >= 15 is 0 Å². The Hall–Kier alpha value is 0.870. The van der Waals surface area contributed by atoms with Gasteiger partial charge in [0.15, 0.2) is 0 Å². The number of unbranched alkanes of at least 4 members (excludes halogenated alkanes) is 7. The van der Waals surface area contributed by atoms with Gasteiger partial charge in [0.2, 0.25) is 0 Å². The quantitative estimate of drug-likeness (QED) is 0.369. The van der Waals surface area contributed by atoms with E-state index in [0.717, 1.165) is 6.54 Å². The van der Waals surface area contributed by atoms with Crippen LogP contribution in [0.1, 0.15) is 71.6 Å². The van der Waals surface area contributed by atoms with Crippen molar-refractivity contribution in [2.24, 2.45) is 5.73 Å². The zero-order chi connectivity index (χ0) is 14.3. The molecule has 0 aliphatic carbocycles. The average molecular weight is 305 g/mol. The number of hydrogen-bond acceptors (Lipinski definition) is 3. The molecule has 0 bridgehead atoms. The van der Waals surface area contributed by atoms with Crippen LogP contribution in [0.15, 0.2) is 0 Å². The molecule has 19 heavy (non-hydrogen) atoms. The number of hydrogen-bond donors (Lipinski definition) is 2. The Kier molecular flexibility index (Phi) is 24.7. The Balaban J connectivity index is -0.000000280. The third kappa shape index (κ3) is 32.4. The molecule has 0 atom stereocenters. The van der Waals surface area contributed by atoms with Gasteiger partial charge in [-0.05, 0) is 19.4 Å². The third-order valence-electron chi connectivity index (χ3n) is 2.52. The summed E-state index contributed by atoms with van der Waals surface area (Å²) < 4.78 is 27.6.